The van der Waals surface area contributed by atoms with Crippen LogP contribution in [0.2, 0.25) is 0 Å². The standard InChI is InChI=1S/C18H22N2O5S/c1-5-25-16-11-8-14(12-17(16)26(22,23)20(2)3)19-18(21)13-6-9-15(24-4)10-7-13/h6-12H,5H2,1-4H3,(H,19,21). The molecule has 0 aromatic heterocycles. The lowest BCUT2D eigenvalue weighted by molar-refractivity contribution is 0.102. The second-order valence-electron chi connectivity index (χ2n) is 5.56. The van der Waals surface area contributed by atoms with Gasteiger partial charge in [-0.3, -0.25) is 4.79 Å². The Morgan fingerprint density at radius 1 is 1.12 bits per heavy atom. The van der Waals surface area contributed by atoms with E-state index in [9.17, 15) is 13.2 Å². The van der Waals surface area contributed by atoms with E-state index in [1.54, 1.807) is 44.4 Å². The summed E-state index contributed by atoms with van der Waals surface area (Å²) >= 11 is 0. The number of nitrogens with zero attached hydrogens (tertiary/aromatic N) is 1. The summed E-state index contributed by atoms with van der Waals surface area (Å²) < 4.78 is 36.6. The van der Waals surface area contributed by atoms with Gasteiger partial charge in [0, 0.05) is 25.3 Å². The molecular formula is C18H22N2O5S. The number of nitrogens with one attached hydrogen (secondary N) is 1. The number of carbonyl (C=O) groups excluding carboxylic acids is 1. The van der Waals surface area contributed by atoms with Crippen molar-refractivity contribution in [1.82, 2.24) is 4.31 Å². The van der Waals surface area contributed by atoms with Crippen LogP contribution in [-0.2, 0) is 10.0 Å². The monoisotopic (exact) mass is 378 g/mol. The van der Waals surface area contributed by atoms with Crippen molar-refractivity contribution in [3.8, 4) is 11.5 Å². The van der Waals surface area contributed by atoms with E-state index in [1.165, 1.54) is 26.2 Å². The molecule has 0 radical (unpaired) electrons. The normalized spacial score (nSPS) is 11.3. The minimum Gasteiger partial charge on any atom is -0.497 e. The molecule has 0 aliphatic carbocycles. The maximum atomic E-state index is 12.5. The van der Waals surface area contributed by atoms with Crippen molar-refractivity contribution in [2.24, 2.45) is 0 Å². The molecule has 26 heavy (non-hydrogen) atoms. The highest BCUT2D eigenvalue weighted by molar-refractivity contribution is 7.89. The second-order valence-corrected chi connectivity index (χ2v) is 7.68. The van der Waals surface area contributed by atoms with E-state index in [0.29, 0.717) is 23.6 Å². The van der Waals surface area contributed by atoms with Crippen molar-refractivity contribution < 1.29 is 22.7 Å². The van der Waals surface area contributed by atoms with E-state index >= 15 is 0 Å². The molecule has 1 amide bonds. The summed E-state index contributed by atoms with van der Waals surface area (Å²) in [4.78, 5) is 12.4. The number of hydrogen-bond acceptors (Lipinski definition) is 5. The van der Waals surface area contributed by atoms with E-state index < -0.39 is 10.0 Å². The molecule has 0 bridgehead atoms. The molecule has 0 fully saturated rings. The van der Waals surface area contributed by atoms with E-state index in [2.05, 4.69) is 5.32 Å². The Morgan fingerprint density at radius 2 is 1.77 bits per heavy atom. The first-order valence-corrected chi connectivity index (χ1v) is 9.38. The molecule has 0 spiro atoms. The average molecular weight is 378 g/mol. The van der Waals surface area contributed by atoms with Crippen molar-refractivity contribution in [3.63, 3.8) is 0 Å². The maximum Gasteiger partial charge on any atom is 0.255 e. The molecular weight excluding hydrogens is 356 g/mol. The number of anilines is 1. The number of carbonyl (C=O) groups is 1. The third-order valence-electron chi connectivity index (χ3n) is 3.61. The van der Waals surface area contributed by atoms with Crippen LogP contribution in [0.15, 0.2) is 47.4 Å². The zero-order valence-electron chi connectivity index (χ0n) is 15.1. The van der Waals surface area contributed by atoms with Gasteiger partial charge in [-0.1, -0.05) is 0 Å². The summed E-state index contributed by atoms with van der Waals surface area (Å²) in [6.45, 7) is 2.10. The topological polar surface area (TPSA) is 84.9 Å². The summed E-state index contributed by atoms with van der Waals surface area (Å²) in [5, 5.41) is 2.70. The molecule has 140 valence electrons. The summed E-state index contributed by atoms with van der Waals surface area (Å²) in [7, 11) is 0.699. The molecule has 7 nitrogen and oxygen atoms in total. The number of hydrogen-bond donors (Lipinski definition) is 1. The van der Waals surface area contributed by atoms with Crippen LogP contribution in [0.4, 0.5) is 5.69 Å². The number of amides is 1. The van der Waals surface area contributed by atoms with Gasteiger partial charge in [-0.25, -0.2) is 12.7 Å². The number of rotatable bonds is 7. The quantitative estimate of drug-likeness (QED) is 0.800. The van der Waals surface area contributed by atoms with Gasteiger partial charge < -0.3 is 14.8 Å². The summed E-state index contributed by atoms with van der Waals surface area (Å²) in [5.41, 5.74) is 0.784. The van der Waals surface area contributed by atoms with Crippen molar-refractivity contribution in [3.05, 3.63) is 48.0 Å². The average Bonchev–Trinajstić information content (AvgIpc) is 2.63. The molecule has 0 saturated heterocycles. The van der Waals surface area contributed by atoms with Gasteiger partial charge in [0.2, 0.25) is 10.0 Å². The molecule has 8 heteroatoms. The molecule has 0 unspecified atom stereocenters. The summed E-state index contributed by atoms with van der Waals surface area (Å²) in [5.74, 6) is 0.524. The van der Waals surface area contributed by atoms with Crippen molar-refractivity contribution in [2.75, 3.05) is 33.1 Å². The Bertz CT molecular complexity index is 877. The van der Waals surface area contributed by atoms with Crippen LogP contribution >= 0.6 is 0 Å². The summed E-state index contributed by atoms with van der Waals surface area (Å²) in [6.07, 6.45) is 0. The Labute approximate surface area is 153 Å². The van der Waals surface area contributed by atoms with E-state index in [0.717, 1.165) is 4.31 Å². The fourth-order valence-corrected chi connectivity index (χ4v) is 3.26. The van der Waals surface area contributed by atoms with Gasteiger partial charge in [-0.15, -0.1) is 0 Å². The molecule has 0 aliphatic heterocycles. The van der Waals surface area contributed by atoms with Crippen LogP contribution in [0, 0.1) is 0 Å². The van der Waals surface area contributed by atoms with Gasteiger partial charge in [0.05, 0.1) is 13.7 Å². The summed E-state index contributed by atoms with van der Waals surface area (Å²) in [6, 6.07) is 11.1. The number of sulfonamides is 1. The predicted octanol–water partition coefficient (Wildman–Crippen LogP) is 2.60. The van der Waals surface area contributed by atoms with Gasteiger partial charge >= 0.3 is 0 Å². The molecule has 1 N–H and O–H groups in total. The Kier molecular flexibility index (Phi) is 6.23. The number of ether oxygens (including phenoxy) is 2. The molecule has 0 saturated carbocycles. The second kappa shape index (κ2) is 8.20. The van der Waals surface area contributed by atoms with Crippen molar-refractivity contribution in [2.45, 2.75) is 11.8 Å². The van der Waals surface area contributed by atoms with Crippen LogP contribution in [0.25, 0.3) is 0 Å². The molecule has 2 aromatic carbocycles. The zero-order chi connectivity index (χ0) is 19.3. The lowest BCUT2D eigenvalue weighted by atomic mass is 10.2. The van der Waals surface area contributed by atoms with Gasteiger partial charge in [-0.05, 0) is 49.4 Å². The Balaban J connectivity index is 2.33. The van der Waals surface area contributed by atoms with E-state index in [4.69, 9.17) is 9.47 Å². The number of methoxy groups -OCH3 is 1. The first-order valence-electron chi connectivity index (χ1n) is 7.94. The van der Waals surface area contributed by atoms with Crippen LogP contribution in [0.1, 0.15) is 17.3 Å². The molecule has 0 atom stereocenters. The van der Waals surface area contributed by atoms with Crippen LogP contribution in [0.3, 0.4) is 0 Å². The smallest absolute Gasteiger partial charge is 0.255 e. The van der Waals surface area contributed by atoms with Crippen LogP contribution < -0.4 is 14.8 Å². The third-order valence-corrected chi connectivity index (χ3v) is 5.45. The fourth-order valence-electron chi connectivity index (χ4n) is 2.20. The van der Waals surface area contributed by atoms with Crippen molar-refractivity contribution in [1.29, 1.82) is 0 Å². The molecule has 2 rings (SSSR count). The molecule has 2 aromatic rings. The van der Waals surface area contributed by atoms with Gasteiger partial charge in [0.1, 0.15) is 16.4 Å². The Morgan fingerprint density at radius 3 is 2.31 bits per heavy atom. The highest BCUT2D eigenvalue weighted by Crippen LogP contribution is 2.29. The lowest BCUT2D eigenvalue weighted by Crippen LogP contribution is -2.23. The predicted molar refractivity (Wildman–Crippen MR) is 99.4 cm³/mol. The van der Waals surface area contributed by atoms with Gasteiger partial charge in [-0.2, -0.15) is 0 Å². The zero-order valence-corrected chi connectivity index (χ0v) is 16.0. The first-order chi connectivity index (χ1) is 12.3. The highest BCUT2D eigenvalue weighted by Gasteiger charge is 2.23. The minimum absolute atomic E-state index is 0.00289. The van der Waals surface area contributed by atoms with E-state index in [1.807, 2.05) is 0 Å². The first kappa shape index (κ1) is 19.7. The highest BCUT2D eigenvalue weighted by atomic mass is 32.2. The van der Waals surface area contributed by atoms with Crippen LogP contribution in [0.5, 0.6) is 11.5 Å². The van der Waals surface area contributed by atoms with Crippen LogP contribution in [-0.4, -0.2) is 46.4 Å². The Hall–Kier alpha value is -2.58. The fraction of sp³-hybridized carbons (Fsp3) is 0.278. The maximum absolute atomic E-state index is 12.5. The molecule has 0 aliphatic rings. The molecule has 0 heterocycles. The van der Waals surface area contributed by atoms with Gasteiger partial charge in [0.25, 0.3) is 5.91 Å². The third kappa shape index (κ3) is 4.33. The minimum atomic E-state index is -3.72. The SMILES string of the molecule is CCOc1ccc(NC(=O)c2ccc(OC)cc2)cc1S(=O)(=O)N(C)C. The van der Waals surface area contributed by atoms with Gasteiger partial charge in [0.15, 0.2) is 0 Å². The number of benzene rings is 2. The largest absolute Gasteiger partial charge is 0.497 e. The van der Waals surface area contributed by atoms with E-state index in [-0.39, 0.29) is 16.6 Å². The van der Waals surface area contributed by atoms with Crippen molar-refractivity contribution >= 4 is 21.6 Å². The lowest BCUT2D eigenvalue weighted by Gasteiger charge is -2.16.